The molecule has 1 aromatic rings. The topological polar surface area (TPSA) is 57.7 Å². The van der Waals surface area contributed by atoms with Crippen LogP contribution in [0.15, 0.2) is 13.6 Å². The smallest absolute Gasteiger partial charge is 0.243 e. The summed E-state index contributed by atoms with van der Waals surface area (Å²) in [7, 11) is 1.58. The first-order chi connectivity index (χ1) is 8.88. The number of carbonyl (C=O) groups excluding carboxylic acids is 3. The maximum absolute atomic E-state index is 12.1. The summed E-state index contributed by atoms with van der Waals surface area (Å²) in [5, 5.41) is 0. The molecule has 8 heteroatoms. The molecule has 5 nitrogen and oxygen atoms in total. The summed E-state index contributed by atoms with van der Waals surface area (Å²) in [5.41, 5.74) is 0.524. The van der Waals surface area contributed by atoms with E-state index < -0.39 is 0 Å². The Morgan fingerprint density at radius 2 is 2.00 bits per heavy atom. The van der Waals surface area contributed by atoms with Gasteiger partial charge in [0.15, 0.2) is 5.78 Å². The number of carbonyl (C=O) groups is 3. The van der Waals surface area contributed by atoms with E-state index in [0.29, 0.717) is 5.56 Å². The van der Waals surface area contributed by atoms with Crippen molar-refractivity contribution in [3.8, 4) is 0 Å². The molecule has 1 aliphatic heterocycles. The van der Waals surface area contributed by atoms with E-state index in [1.54, 1.807) is 13.1 Å². The van der Waals surface area contributed by atoms with Crippen molar-refractivity contribution in [3.05, 3.63) is 19.2 Å². The van der Waals surface area contributed by atoms with Gasteiger partial charge < -0.3 is 9.80 Å². The summed E-state index contributed by atoms with van der Waals surface area (Å²) in [6.45, 7) is -0.0786. The summed E-state index contributed by atoms with van der Waals surface area (Å²) >= 11 is 8.00. The van der Waals surface area contributed by atoms with E-state index in [1.807, 2.05) is 0 Å². The van der Waals surface area contributed by atoms with Gasteiger partial charge in [-0.15, -0.1) is 11.3 Å². The van der Waals surface area contributed by atoms with Crippen LogP contribution < -0.4 is 0 Å². The third kappa shape index (κ3) is 3.24. The average molecular weight is 410 g/mol. The number of likely N-dealkylation sites (N-methyl/N-ethyl adjacent to an activating group) is 1. The molecule has 0 spiro atoms. The number of amides is 2. The van der Waals surface area contributed by atoms with E-state index in [9.17, 15) is 14.4 Å². The molecule has 0 bridgehead atoms. The zero-order valence-electron chi connectivity index (χ0n) is 9.98. The van der Waals surface area contributed by atoms with E-state index in [1.165, 1.54) is 21.1 Å². The number of ketones is 1. The molecule has 0 aromatic carbocycles. The first-order valence-corrected chi connectivity index (χ1v) is 7.78. The largest absolute Gasteiger partial charge is 0.335 e. The minimum atomic E-state index is -0.208. The summed E-state index contributed by atoms with van der Waals surface area (Å²) in [6.07, 6.45) is 0. The maximum Gasteiger partial charge on any atom is 0.243 e. The standard InChI is InChI=1S/C11H10Br2N2O3S/c1-14-4-10(18)15(5-9(14)17)3-7(16)6-2-8(12)19-11(6)13/h2H,3-5H2,1H3. The second kappa shape index (κ2) is 5.72. The van der Waals surface area contributed by atoms with Gasteiger partial charge in [-0.1, -0.05) is 0 Å². The SMILES string of the molecule is CN1CC(=O)N(CC(=O)c2cc(Br)sc2Br)CC1=O. The number of nitrogens with zero attached hydrogens (tertiary/aromatic N) is 2. The molecule has 19 heavy (non-hydrogen) atoms. The molecule has 0 unspecified atom stereocenters. The van der Waals surface area contributed by atoms with E-state index in [2.05, 4.69) is 31.9 Å². The maximum atomic E-state index is 12.1. The molecule has 0 atom stereocenters. The molecule has 0 aliphatic carbocycles. The first-order valence-electron chi connectivity index (χ1n) is 5.38. The predicted molar refractivity (Wildman–Crippen MR) is 78.3 cm³/mol. The number of piperazine rings is 1. The van der Waals surface area contributed by atoms with Crippen molar-refractivity contribution < 1.29 is 14.4 Å². The van der Waals surface area contributed by atoms with Crippen LogP contribution >= 0.6 is 43.2 Å². The van der Waals surface area contributed by atoms with Crippen LogP contribution in [-0.2, 0) is 9.59 Å². The molecule has 0 saturated carbocycles. The van der Waals surface area contributed by atoms with Gasteiger partial charge >= 0.3 is 0 Å². The number of hydrogen-bond acceptors (Lipinski definition) is 4. The second-order valence-corrected chi connectivity index (χ2v) is 7.91. The Hall–Kier alpha value is -0.730. The third-order valence-electron chi connectivity index (χ3n) is 2.77. The van der Waals surface area contributed by atoms with Crippen molar-refractivity contribution in [3.63, 3.8) is 0 Å². The lowest BCUT2D eigenvalue weighted by Crippen LogP contribution is -2.53. The van der Waals surface area contributed by atoms with Crippen molar-refractivity contribution >= 4 is 60.8 Å². The van der Waals surface area contributed by atoms with Crippen LogP contribution in [0.25, 0.3) is 0 Å². The van der Waals surface area contributed by atoms with E-state index >= 15 is 0 Å². The van der Waals surface area contributed by atoms with E-state index in [4.69, 9.17) is 0 Å². The zero-order valence-corrected chi connectivity index (χ0v) is 14.0. The monoisotopic (exact) mass is 408 g/mol. The molecule has 1 fully saturated rings. The Morgan fingerprint density at radius 1 is 1.32 bits per heavy atom. The van der Waals surface area contributed by atoms with Crippen LogP contribution in [-0.4, -0.2) is 54.1 Å². The van der Waals surface area contributed by atoms with Crippen molar-refractivity contribution in [2.45, 2.75) is 0 Å². The third-order valence-corrected chi connectivity index (χ3v) is 5.11. The summed E-state index contributed by atoms with van der Waals surface area (Å²) in [6, 6.07) is 1.71. The van der Waals surface area contributed by atoms with Crippen molar-refractivity contribution in [1.29, 1.82) is 0 Å². The highest BCUT2D eigenvalue weighted by Gasteiger charge is 2.29. The highest BCUT2D eigenvalue weighted by molar-refractivity contribution is 9.12. The lowest BCUT2D eigenvalue weighted by atomic mass is 10.2. The fourth-order valence-corrected chi connectivity index (χ4v) is 4.55. The summed E-state index contributed by atoms with van der Waals surface area (Å²) < 4.78 is 1.56. The van der Waals surface area contributed by atoms with Crippen molar-refractivity contribution in [1.82, 2.24) is 9.80 Å². The summed E-state index contributed by atoms with van der Waals surface area (Å²) in [5.74, 6) is -0.543. The number of halogens is 2. The Kier molecular flexibility index (Phi) is 4.42. The van der Waals surface area contributed by atoms with Crippen LogP contribution in [0.3, 0.4) is 0 Å². The normalized spacial score (nSPS) is 16.2. The lowest BCUT2D eigenvalue weighted by Gasteiger charge is -2.31. The molecule has 2 heterocycles. The summed E-state index contributed by atoms with van der Waals surface area (Å²) in [4.78, 5) is 38.1. The average Bonchev–Trinajstić information content (AvgIpc) is 2.65. The van der Waals surface area contributed by atoms with E-state index in [-0.39, 0.29) is 37.2 Å². The van der Waals surface area contributed by atoms with Crippen LogP contribution in [0.1, 0.15) is 10.4 Å². The Bertz CT molecular complexity index is 558. The van der Waals surface area contributed by atoms with Crippen molar-refractivity contribution in [2.75, 3.05) is 26.7 Å². The number of thiophene rings is 1. The van der Waals surface area contributed by atoms with Crippen LogP contribution in [0.5, 0.6) is 0 Å². The molecule has 0 radical (unpaired) electrons. The highest BCUT2D eigenvalue weighted by Crippen LogP contribution is 2.32. The van der Waals surface area contributed by atoms with E-state index in [0.717, 1.165) is 7.57 Å². The Balaban J connectivity index is 2.09. The van der Waals surface area contributed by atoms with Crippen LogP contribution in [0.4, 0.5) is 0 Å². The molecule has 1 saturated heterocycles. The van der Waals surface area contributed by atoms with Crippen molar-refractivity contribution in [2.24, 2.45) is 0 Å². The number of hydrogen-bond donors (Lipinski definition) is 0. The van der Waals surface area contributed by atoms with Crippen LogP contribution in [0, 0.1) is 0 Å². The fourth-order valence-electron chi connectivity index (χ4n) is 1.70. The van der Waals surface area contributed by atoms with Gasteiger partial charge in [-0.05, 0) is 37.9 Å². The molecule has 0 N–H and O–H groups in total. The van der Waals surface area contributed by atoms with Gasteiger partial charge in [-0.3, -0.25) is 14.4 Å². The number of Topliss-reactive ketones (excluding diaryl/α,β-unsaturated/α-hetero) is 1. The minimum absolute atomic E-state index is 0.0284. The number of rotatable bonds is 3. The lowest BCUT2D eigenvalue weighted by molar-refractivity contribution is -0.148. The minimum Gasteiger partial charge on any atom is -0.335 e. The zero-order chi connectivity index (χ0) is 14.2. The second-order valence-electron chi connectivity index (χ2n) is 4.16. The fraction of sp³-hybridized carbons (Fsp3) is 0.364. The van der Waals surface area contributed by atoms with Gasteiger partial charge in [0.2, 0.25) is 11.8 Å². The van der Waals surface area contributed by atoms with Crippen LogP contribution in [0.2, 0.25) is 0 Å². The Labute approximate surface area is 130 Å². The quantitative estimate of drug-likeness (QED) is 0.714. The van der Waals surface area contributed by atoms with Gasteiger partial charge in [0.05, 0.1) is 20.7 Å². The predicted octanol–water partition coefficient (Wildman–Crippen LogP) is 1.76. The molecule has 2 amide bonds. The molecule has 1 aromatic heterocycles. The molecule has 102 valence electrons. The Morgan fingerprint density at radius 3 is 2.58 bits per heavy atom. The van der Waals surface area contributed by atoms with Gasteiger partial charge in [-0.25, -0.2) is 0 Å². The highest BCUT2D eigenvalue weighted by atomic mass is 79.9. The van der Waals surface area contributed by atoms with Gasteiger partial charge in [0, 0.05) is 12.6 Å². The van der Waals surface area contributed by atoms with Gasteiger partial charge in [0.1, 0.15) is 6.54 Å². The first kappa shape index (κ1) is 14.7. The molecule has 2 rings (SSSR count). The molecular formula is C11H10Br2N2O3S. The molecule has 1 aliphatic rings. The van der Waals surface area contributed by atoms with Gasteiger partial charge in [-0.2, -0.15) is 0 Å². The van der Waals surface area contributed by atoms with Gasteiger partial charge in [0.25, 0.3) is 0 Å². The molecular weight excluding hydrogens is 400 g/mol.